The third-order valence-corrected chi connectivity index (χ3v) is 5.51. The average Bonchev–Trinajstić information content (AvgIpc) is 2.69. The van der Waals surface area contributed by atoms with Crippen LogP contribution in [0.25, 0.3) is 0 Å². The van der Waals surface area contributed by atoms with Crippen molar-refractivity contribution in [1.82, 2.24) is 15.1 Å². The van der Waals surface area contributed by atoms with Crippen LogP contribution in [0.15, 0.2) is 4.99 Å². The SMILES string of the molecule is CCOC(=O)C1CCN(C(=NC)NCCCCCN2CCCCC2)CC1. The second kappa shape index (κ2) is 12.2. The average molecular weight is 367 g/mol. The fourth-order valence-corrected chi connectivity index (χ4v) is 3.94. The summed E-state index contributed by atoms with van der Waals surface area (Å²) in [5.74, 6) is 0.992. The van der Waals surface area contributed by atoms with Gasteiger partial charge >= 0.3 is 5.97 Å². The lowest BCUT2D eigenvalue weighted by atomic mass is 9.97. The number of guanidine groups is 1. The number of carbonyl (C=O) groups excluding carboxylic acids is 1. The van der Waals surface area contributed by atoms with E-state index in [-0.39, 0.29) is 11.9 Å². The van der Waals surface area contributed by atoms with Gasteiger partial charge in [-0.1, -0.05) is 12.8 Å². The molecule has 0 aliphatic carbocycles. The molecular formula is C20H38N4O2. The summed E-state index contributed by atoms with van der Waals surface area (Å²) in [6, 6.07) is 0. The van der Waals surface area contributed by atoms with E-state index in [9.17, 15) is 4.79 Å². The summed E-state index contributed by atoms with van der Waals surface area (Å²) < 4.78 is 5.14. The Bertz CT molecular complexity index is 428. The molecule has 2 aliphatic heterocycles. The zero-order valence-electron chi connectivity index (χ0n) is 16.8. The molecule has 0 saturated carbocycles. The summed E-state index contributed by atoms with van der Waals surface area (Å²) in [6.07, 6.45) is 9.64. The van der Waals surface area contributed by atoms with Crippen molar-refractivity contribution >= 4 is 11.9 Å². The van der Waals surface area contributed by atoms with Crippen LogP contribution < -0.4 is 5.32 Å². The number of ether oxygens (including phenoxy) is 1. The Labute approximate surface area is 159 Å². The number of rotatable bonds is 8. The number of likely N-dealkylation sites (tertiary alicyclic amines) is 2. The number of carbonyl (C=O) groups is 1. The normalized spacial score (nSPS) is 20.2. The fraction of sp³-hybridized carbons (Fsp3) is 0.900. The number of hydrogen-bond acceptors (Lipinski definition) is 4. The van der Waals surface area contributed by atoms with E-state index in [4.69, 9.17) is 4.74 Å². The van der Waals surface area contributed by atoms with Crippen molar-refractivity contribution < 1.29 is 9.53 Å². The van der Waals surface area contributed by atoms with E-state index in [2.05, 4.69) is 20.1 Å². The molecule has 0 amide bonds. The van der Waals surface area contributed by atoms with Crippen molar-refractivity contribution in [3.8, 4) is 0 Å². The molecule has 0 unspecified atom stereocenters. The van der Waals surface area contributed by atoms with Gasteiger partial charge in [0.05, 0.1) is 12.5 Å². The van der Waals surface area contributed by atoms with Crippen LogP contribution in [0.3, 0.4) is 0 Å². The van der Waals surface area contributed by atoms with E-state index in [0.717, 1.165) is 38.4 Å². The Kier molecular flexibility index (Phi) is 9.82. The lowest BCUT2D eigenvalue weighted by Crippen LogP contribution is -2.46. The zero-order valence-corrected chi connectivity index (χ0v) is 16.8. The molecule has 0 aromatic carbocycles. The molecule has 2 heterocycles. The first-order chi connectivity index (χ1) is 12.7. The van der Waals surface area contributed by atoms with Gasteiger partial charge < -0.3 is 19.9 Å². The first-order valence-corrected chi connectivity index (χ1v) is 10.6. The highest BCUT2D eigenvalue weighted by Gasteiger charge is 2.27. The van der Waals surface area contributed by atoms with Gasteiger partial charge in [0, 0.05) is 26.7 Å². The second-order valence-corrected chi connectivity index (χ2v) is 7.45. The van der Waals surface area contributed by atoms with Crippen LogP contribution in [-0.2, 0) is 9.53 Å². The Balaban J connectivity index is 1.56. The largest absolute Gasteiger partial charge is 0.466 e. The maximum atomic E-state index is 11.8. The first kappa shape index (κ1) is 21.0. The van der Waals surface area contributed by atoms with Gasteiger partial charge in [-0.05, 0) is 65.1 Å². The highest BCUT2D eigenvalue weighted by molar-refractivity contribution is 5.80. The van der Waals surface area contributed by atoms with Crippen molar-refractivity contribution in [1.29, 1.82) is 0 Å². The number of aliphatic imine (C=N–C) groups is 1. The molecule has 2 aliphatic rings. The number of piperidine rings is 2. The predicted molar refractivity (Wildman–Crippen MR) is 106 cm³/mol. The smallest absolute Gasteiger partial charge is 0.309 e. The standard InChI is InChI=1S/C20H38N4O2/c1-3-26-19(25)18-10-16-24(17-11-18)20(21-2)22-12-6-4-7-13-23-14-8-5-9-15-23/h18H,3-17H2,1-2H3,(H,21,22). The number of esters is 1. The van der Waals surface area contributed by atoms with E-state index in [1.807, 2.05) is 14.0 Å². The Morgan fingerprint density at radius 1 is 1.08 bits per heavy atom. The lowest BCUT2D eigenvalue weighted by Gasteiger charge is -2.33. The number of hydrogen-bond donors (Lipinski definition) is 1. The van der Waals surface area contributed by atoms with E-state index in [0.29, 0.717) is 6.61 Å². The Morgan fingerprint density at radius 3 is 2.46 bits per heavy atom. The summed E-state index contributed by atoms with van der Waals surface area (Å²) in [4.78, 5) is 21.1. The second-order valence-electron chi connectivity index (χ2n) is 7.45. The van der Waals surface area contributed by atoms with Crippen molar-refractivity contribution in [3.63, 3.8) is 0 Å². The minimum atomic E-state index is -0.0381. The van der Waals surface area contributed by atoms with E-state index in [1.165, 1.54) is 58.2 Å². The number of nitrogens with zero attached hydrogens (tertiary/aromatic N) is 3. The molecule has 26 heavy (non-hydrogen) atoms. The van der Waals surface area contributed by atoms with Gasteiger partial charge in [-0.3, -0.25) is 9.79 Å². The molecule has 6 nitrogen and oxygen atoms in total. The predicted octanol–water partition coefficient (Wildman–Crippen LogP) is 2.49. The maximum Gasteiger partial charge on any atom is 0.309 e. The molecule has 0 aromatic rings. The van der Waals surface area contributed by atoms with Gasteiger partial charge in [-0.25, -0.2) is 0 Å². The summed E-state index contributed by atoms with van der Waals surface area (Å²) in [6.45, 7) is 8.92. The minimum absolute atomic E-state index is 0.0381. The molecule has 1 N–H and O–H groups in total. The molecule has 2 saturated heterocycles. The minimum Gasteiger partial charge on any atom is -0.466 e. The Hall–Kier alpha value is -1.30. The highest BCUT2D eigenvalue weighted by Crippen LogP contribution is 2.18. The van der Waals surface area contributed by atoms with Crippen molar-refractivity contribution in [2.75, 3.05) is 52.9 Å². The van der Waals surface area contributed by atoms with Crippen LogP contribution in [0.2, 0.25) is 0 Å². The molecule has 0 bridgehead atoms. The quantitative estimate of drug-likeness (QED) is 0.310. The first-order valence-electron chi connectivity index (χ1n) is 10.6. The van der Waals surface area contributed by atoms with Crippen molar-refractivity contribution in [2.24, 2.45) is 10.9 Å². The molecule has 150 valence electrons. The van der Waals surface area contributed by atoms with Crippen LogP contribution in [0.1, 0.15) is 58.3 Å². The lowest BCUT2D eigenvalue weighted by molar-refractivity contribution is -0.149. The van der Waals surface area contributed by atoms with Gasteiger partial charge in [-0.15, -0.1) is 0 Å². The summed E-state index contributed by atoms with van der Waals surface area (Å²) in [7, 11) is 1.84. The molecule has 0 atom stereocenters. The fourth-order valence-electron chi connectivity index (χ4n) is 3.94. The summed E-state index contributed by atoms with van der Waals surface area (Å²) in [5.41, 5.74) is 0. The summed E-state index contributed by atoms with van der Waals surface area (Å²) in [5, 5.41) is 3.49. The molecule has 0 spiro atoms. The van der Waals surface area contributed by atoms with Gasteiger partial charge in [0.15, 0.2) is 5.96 Å². The molecule has 0 radical (unpaired) electrons. The molecule has 2 rings (SSSR count). The Morgan fingerprint density at radius 2 is 1.81 bits per heavy atom. The van der Waals surface area contributed by atoms with E-state index >= 15 is 0 Å². The molecule has 2 fully saturated rings. The van der Waals surface area contributed by atoms with Gasteiger partial charge in [-0.2, -0.15) is 0 Å². The molecular weight excluding hydrogens is 328 g/mol. The number of unbranched alkanes of at least 4 members (excludes halogenated alkanes) is 2. The van der Waals surface area contributed by atoms with Crippen LogP contribution in [0.4, 0.5) is 0 Å². The molecule has 0 aromatic heterocycles. The van der Waals surface area contributed by atoms with Gasteiger partial charge in [0.1, 0.15) is 0 Å². The molecule has 6 heteroatoms. The third-order valence-electron chi connectivity index (χ3n) is 5.51. The van der Waals surface area contributed by atoms with E-state index < -0.39 is 0 Å². The van der Waals surface area contributed by atoms with Gasteiger partial charge in [0.2, 0.25) is 0 Å². The highest BCUT2D eigenvalue weighted by atomic mass is 16.5. The van der Waals surface area contributed by atoms with E-state index in [1.54, 1.807) is 0 Å². The zero-order chi connectivity index (χ0) is 18.6. The van der Waals surface area contributed by atoms with Crippen LogP contribution >= 0.6 is 0 Å². The van der Waals surface area contributed by atoms with Crippen molar-refractivity contribution in [2.45, 2.75) is 58.3 Å². The monoisotopic (exact) mass is 366 g/mol. The topological polar surface area (TPSA) is 57.2 Å². The maximum absolute atomic E-state index is 11.8. The van der Waals surface area contributed by atoms with Gasteiger partial charge in [0.25, 0.3) is 0 Å². The van der Waals surface area contributed by atoms with Crippen LogP contribution in [0, 0.1) is 5.92 Å². The van der Waals surface area contributed by atoms with Crippen LogP contribution in [0.5, 0.6) is 0 Å². The van der Waals surface area contributed by atoms with Crippen molar-refractivity contribution in [3.05, 3.63) is 0 Å². The number of nitrogens with one attached hydrogen (secondary N) is 1. The third kappa shape index (κ3) is 7.14. The van der Waals surface area contributed by atoms with Crippen LogP contribution in [-0.4, -0.2) is 74.7 Å². The summed E-state index contributed by atoms with van der Waals surface area (Å²) >= 11 is 0.